The van der Waals surface area contributed by atoms with Gasteiger partial charge in [-0.1, -0.05) is 97.9 Å². The lowest BCUT2D eigenvalue weighted by Gasteiger charge is -2.43. The van der Waals surface area contributed by atoms with Crippen LogP contribution in [0.15, 0.2) is 109 Å². The zero-order chi connectivity index (χ0) is 23.6. The third-order valence-corrected chi connectivity index (χ3v) is 8.79. The van der Waals surface area contributed by atoms with Gasteiger partial charge in [0.05, 0.1) is 0 Å². The van der Waals surface area contributed by atoms with Crippen molar-refractivity contribution in [2.75, 3.05) is 0 Å². The maximum absolute atomic E-state index is 7.27. The average Bonchev–Trinajstić information content (AvgIpc) is 3.40. The molecule has 1 aliphatic heterocycles. The first-order valence-electron chi connectivity index (χ1n) is 12.8. The van der Waals surface area contributed by atoms with Gasteiger partial charge in [0.25, 0.3) is 0 Å². The van der Waals surface area contributed by atoms with Crippen LogP contribution >= 0.6 is 0 Å². The molecule has 0 aromatic heterocycles. The second-order valence-corrected chi connectivity index (χ2v) is 10.4. The predicted molar refractivity (Wildman–Crippen MR) is 146 cm³/mol. The number of ether oxygens (including phenoxy) is 1. The van der Waals surface area contributed by atoms with Gasteiger partial charge < -0.3 is 4.74 Å². The summed E-state index contributed by atoms with van der Waals surface area (Å²) in [6.07, 6.45) is 0. The summed E-state index contributed by atoms with van der Waals surface area (Å²) in [7, 11) is 0. The van der Waals surface area contributed by atoms with Gasteiger partial charge in [-0.2, -0.15) is 0 Å². The van der Waals surface area contributed by atoms with Crippen molar-refractivity contribution in [3.8, 4) is 39.1 Å². The fourth-order valence-electron chi connectivity index (χ4n) is 7.44. The highest BCUT2D eigenvalue weighted by atomic mass is 16.5. The van der Waals surface area contributed by atoms with Gasteiger partial charge in [0.15, 0.2) is 5.60 Å². The summed E-state index contributed by atoms with van der Waals surface area (Å²) in [6, 6.07) is 40.0. The molecule has 5 aromatic rings. The molecule has 168 valence electrons. The fraction of sp³-hybridized carbons (Fsp3) is 0.0857. The van der Waals surface area contributed by atoms with Crippen LogP contribution in [0.5, 0.6) is 5.75 Å². The molecule has 2 atom stereocenters. The smallest absolute Gasteiger partial charge is 0.187 e. The van der Waals surface area contributed by atoms with Crippen molar-refractivity contribution in [1.82, 2.24) is 0 Å². The van der Waals surface area contributed by atoms with Crippen LogP contribution in [0.1, 0.15) is 40.7 Å². The lowest BCUT2D eigenvalue weighted by Crippen LogP contribution is -2.38. The molecule has 36 heavy (non-hydrogen) atoms. The van der Waals surface area contributed by atoms with E-state index in [4.69, 9.17) is 4.74 Å². The Bertz CT molecular complexity index is 1820. The van der Waals surface area contributed by atoms with Crippen molar-refractivity contribution in [3.05, 3.63) is 137 Å². The molecule has 0 amide bonds. The van der Waals surface area contributed by atoms with Crippen LogP contribution < -0.4 is 4.74 Å². The van der Waals surface area contributed by atoms with Crippen molar-refractivity contribution in [2.45, 2.75) is 18.4 Å². The first-order valence-corrected chi connectivity index (χ1v) is 12.8. The van der Waals surface area contributed by atoms with Crippen LogP contribution in [0.3, 0.4) is 0 Å². The number of allylic oxidation sites excluding steroid dienone is 1. The number of fused-ring (bicyclic) bond motifs is 5. The van der Waals surface area contributed by atoms with E-state index in [1.54, 1.807) is 0 Å². The lowest BCUT2D eigenvalue weighted by atomic mass is 9.69. The van der Waals surface area contributed by atoms with E-state index >= 15 is 0 Å². The number of hydrogen-bond acceptors (Lipinski definition) is 1. The third-order valence-electron chi connectivity index (χ3n) is 8.79. The molecule has 1 nitrogen and oxygen atoms in total. The highest BCUT2D eigenvalue weighted by Crippen LogP contribution is 2.70. The Hall–Kier alpha value is -4.36. The van der Waals surface area contributed by atoms with Gasteiger partial charge in [-0.15, -0.1) is 0 Å². The zero-order valence-corrected chi connectivity index (χ0v) is 19.9. The second kappa shape index (κ2) is 6.25. The summed E-state index contributed by atoms with van der Waals surface area (Å²) >= 11 is 0. The van der Waals surface area contributed by atoms with Crippen LogP contribution in [0.4, 0.5) is 0 Å². The van der Waals surface area contributed by atoms with E-state index in [-0.39, 0.29) is 0 Å². The van der Waals surface area contributed by atoms with Crippen molar-refractivity contribution < 1.29 is 4.74 Å². The summed E-state index contributed by atoms with van der Waals surface area (Å²) in [5.41, 5.74) is 16.5. The van der Waals surface area contributed by atoms with E-state index in [2.05, 4.69) is 116 Å². The topological polar surface area (TPSA) is 9.23 Å². The molecule has 0 bridgehead atoms. The standard InChI is InChI=1S/C35H22O/c1-20-23-14-9-15-25-28-19-22(21-10-3-2-4-11-21)18-27-24-12-5-7-16-29(24)35(33(27)28)34(32(23)25)31(20)26-13-6-8-17-30(26)36-35/h2-20H,1H3. The van der Waals surface area contributed by atoms with Gasteiger partial charge >= 0.3 is 0 Å². The minimum Gasteiger partial charge on any atom is -0.472 e. The molecule has 0 saturated carbocycles. The van der Waals surface area contributed by atoms with Crippen LogP contribution in [0.2, 0.25) is 0 Å². The molecule has 5 aromatic carbocycles. The molecule has 1 heterocycles. The number of benzene rings is 5. The molecular weight excluding hydrogens is 436 g/mol. The van der Waals surface area contributed by atoms with E-state index in [0.717, 1.165) is 5.75 Å². The van der Waals surface area contributed by atoms with E-state index in [1.165, 1.54) is 72.3 Å². The number of hydrogen-bond donors (Lipinski definition) is 0. The molecular formula is C35H22O. The van der Waals surface area contributed by atoms with Crippen molar-refractivity contribution in [2.24, 2.45) is 0 Å². The normalized spacial score (nSPS) is 20.9. The summed E-state index contributed by atoms with van der Waals surface area (Å²) in [6.45, 7) is 2.37. The van der Waals surface area contributed by atoms with Crippen LogP contribution in [-0.2, 0) is 5.60 Å². The van der Waals surface area contributed by atoms with Gasteiger partial charge in [0, 0.05) is 28.2 Å². The van der Waals surface area contributed by atoms with Crippen LogP contribution in [0, 0.1) is 0 Å². The minimum absolute atomic E-state index is 0.316. The quantitative estimate of drug-likeness (QED) is 0.244. The van der Waals surface area contributed by atoms with E-state index in [0.29, 0.717) is 5.92 Å². The molecule has 3 aliphatic carbocycles. The molecule has 2 unspecified atom stereocenters. The maximum Gasteiger partial charge on any atom is 0.187 e. The Kier molecular flexibility index (Phi) is 3.28. The van der Waals surface area contributed by atoms with Crippen LogP contribution in [-0.4, -0.2) is 0 Å². The summed E-state index contributed by atoms with van der Waals surface area (Å²) in [5.74, 6) is 1.30. The van der Waals surface area contributed by atoms with Gasteiger partial charge in [-0.05, 0) is 68.3 Å². The Balaban J connectivity index is 1.51. The monoisotopic (exact) mass is 458 g/mol. The highest BCUT2D eigenvalue weighted by Gasteiger charge is 2.59. The summed E-state index contributed by atoms with van der Waals surface area (Å²) in [4.78, 5) is 0. The van der Waals surface area contributed by atoms with Gasteiger partial charge in [-0.25, -0.2) is 0 Å². The Morgan fingerprint density at radius 1 is 0.611 bits per heavy atom. The van der Waals surface area contributed by atoms with E-state index in [9.17, 15) is 0 Å². The Morgan fingerprint density at radius 2 is 1.31 bits per heavy atom. The fourth-order valence-corrected chi connectivity index (χ4v) is 7.44. The first-order chi connectivity index (χ1) is 17.8. The minimum atomic E-state index is -0.617. The molecule has 0 radical (unpaired) electrons. The largest absolute Gasteiger partial charge is 0.472 e. The molecule has 0 N–H and O–H groups in total. The highest BCUT2D eigenvalue weighted by molar-refractivity contribution is 6.15. The first kappa shape index (κ1) is 18.9. The van der Waals surface area contributed by atoms with Gasteiger partial charge in [-0.3, -0.25) is 0 Å². The molecule has 1 spiro atoms. The SMILES string of the molecule is CC1C2=C3c4c(cccc41)-c1cc(-c4ccccc4)cc4c1C3(Oc1ccccc12)c1ccccc1-4. The number of para-hydroxylation sites is 1. The van der Waals surface area contributed by atoms with E-state index in [1.807, 2.05) is 0 Å². The number of rotatable bonds is 1. The molecule has 0 saturated heterocycles. The lowest BCUT2D eigenvalue weighted by molar-refractivity contribution is 0.176. The molecule has 9 rings (SSSR count). The maximum atomic E-state index is 7.27. The Morgan fingerprint density at radius 3 is 2.17 bits per heavy atom. The third kappa shape index (κ3) is 1.99. The second-order valence-electron chi connectivity index (χ2n) is 10.4. The predicted octanol–water partition coefficient (Wildman–Crippen LogP) is 8.68. The van der Waals surface area contributed by atoms with Gasteiger partial charge in [0.2, 0.25) is 0 Å². The van der Waals surface area contributed by atoms with E-state index < -0.39 is 5.60 Å². The van der Waals surface area contributed by atoms with Crippen LogP contribution in [0.25, 0.3) is 44.5 Å². The summed E-state index contributed by atoms with van der Waals surface area (Å²) in [5, 5.41) is 0. The zero-order valence-electron chi connectivity index (χ0n) is 19.9. The average molecular weight is 459 g/mol. The Labute approximate surface area is 210 Å². The van der Waals surface area contributed by atoms with Gasteiger partial charge in [0.1, 0.15) is 5.75 Å². The molecule has 0 fully saturated rings. The molecule has 4 aliphatic rings. The summed E-state index contributed by atoms with van der Waals surface area (Å²) < 4.78 is 7.27. The van der Waals surface area contributed by atoms with Crippen molar-refractivity contribution in [3.63, 3.8) is 0 Å². The van der Waals surface area contributed by atoms with Crippen molar-refractivity contribution >= 4 is 11.1 Å². The van der Waals surface area contributed by atoms with Crippen molar-refractivity contribution in [1.29, 1.82) is 0 Å². The molecule has 1 heteroatoms.